The van der Waals surface area contributed by atoms with E-state index in [0.29, 0.717) is 12.6 Å². The molecule has 1 N–H and O–H groups in total. The zero-order chi connectivity index (χ0) is 16.2. The molecule has 1 heterocycles. The first-order valence-corrected chi connectivity index (χ1v) is 8.74. The summed E-state index contributed by atoms with van der Waals surface area (Å²) in [6, 6.07) is 21.1. The second-order valence-corrected chi connectivity index (χ2v) is 6.38. The fraction of sp³-hybridized carbons (Fsp3) is 0.286. The van der Waals surface area contributed by atoms with Crippen LogP contribution in [-0.2, 0) is 6.54 Å². The average Bonchev–Trinajstić information content (AvgIpc) is 3.31. The Morgan fingerprint density at radius 3 is 2.12 bits per heavy atom. The van der Waals surface area contributed by atoms with Crippen LogP contribution >= 0.6 is 12.4 Å². The first-order valence-electron chi connectivity index (χ1n) is 8.74. The molecule has 4 rings (SSSR count). The van der Waals surface area contributed by atoms with E-state index in [4.69, 9.17) is 9.40 Å². The molecular weight excluding hydrogens is 332 g/mol. The zero-order valence-corrected chi connectivity index (χ0v) is 15.0. The van der Waals surface area contributed by atoms with Crippen molar-refractivity contribution in [1.29, 1.82) is 0 Å². The van der Waals surface area contributed by atoms with Crippen molar-refractivity contribution in [3.8, 4) is 22.6 Å². The molecule has 1 fully saturated rings. The van der Waals surface area contributed by atoms with Crippen LogP contribution in [0.3, 0.4) is 0 Å². The summed E-state index contributed by atoms with van der Waals surface area (Å²) < 4.78 is 6.14. The predicted octanol–water partition coefficient (Wildman–Crippen LogP) is 5.46. The highest BCUT2D eigenvalue weighted by Crippen LogP contribution is 2.32. The number of hydrogen-bond acceptors (Lipinski definition) is 3. The van der Waals surface area contributed by atoms with Gasteiger partial charge in [-0.2, -0.15) is 0 Å². The van der Waals surface area contributed by atoms with Crippen LogP contribution in [0.2, 0.25) is 0 Å². The number of oxazole rings is 1. The van der Waals surface area contributed by atoms with Crippen molar-refractivity contribution >= 4 is 12.4 Å². The van der Waals surface area contributed by atoms with Crippen LogP contribution in [-0.4, -0.2) is 11.0 Å². The largest absolute Gasteiger partial charge is 0.439 e. The van der Waals surface area contributed by atoms with Gasteiger partial charge in [-0.1, -0.05) is 73.5 Å². The standard InChI is InChI=1S/C21H22N2O.ClH/c1-3-9-16(10-4-1)20-21(17-11-5-2-6-12-17)24-19(23-20)15-22-18-13-7-8-14-18;/h1-6,9-12,18,22H,7-8,13-15H2;1H. The smallest absolute Gasteiger partial charge is 0.209 e. The molecule has 130 valence electrons. The Morgan fingerprint density at radius 1 is 0.880 bits per heavy atom. The molecule has 3 nitrogen and oxygen atoms in total. The van der Waals surface area contributed by atoms with Crippen molar-refractivity contribution < 1.29 is 4.42 Å². The van der Waals surface area contributed by atoms with Crippen LogP contribution in [0.4, 0.5) is 0 Å². The van der Waals surface area contributed by atoms with Crippen molar-refractivity contribution in [2.45, 2.75) is 38.3 Å². The van der Waals surface area contributed by atoms with Crippen LogP contribution in [0.15, 0.2) is 65.1 Å². The van der Waals surface area contributed by atoms with Gasteiger partial charge in [-0.3, -0.25) is 0 Å². The quantitative estimate of drug-likeness (QED) is 0.660. The molecule has 0 saturated heterocycles. The molecule has 0 unspecified atom stereocenters. The number of hydrogen-bond donors (Lipinski definition) is 1. The van der Waals surface area contributed by atoms with E-state index >= 15 is 0 Å². The van der Waals surface area contributed by atoms with Gasteiger partial charge in [-0.15, -0.1) is 12.4 Å². The summed E-state index contributed by atoms with van der Waals surface area (Å²) >= 11 is 0. The third-order valence-electron chi connectivity index (χ3n) is 4.65. The minimum absolute atomic E-state index is 0. The molecule has 1 aliphatic carbocycles. The van der Waals surface area contributed by atoms with E-state index in [2.05, 4.69) is 29.6 Å². The normalized spacial score (nSPS) is 14.4. The molecule has 3 aromatic rings. The van der Waals surface area contributed by atoms with Gasteiger partial charge < -0.3 is 9.73 Å². The monoisotopic (exact) mass is 354 g/mol. The van der Waals surface area contributed by atoms with Gasteiger partial charge in [0.25, 0.3) is 0 Å². The highest BCUT2D eigenvalue weighted by molar-refractivity contribution is 5.85. The molecule has 1 aliphatic rings. The molecule has 2 aromatic carbocycles. The Kier molecular flexibility index (Phi) is 5.90. The summed E-state index contributed by atoms with van der Waals surface area (Å²) in [6.07, 6.45) is 5.18. The highest BCUT2D eigenvalue weighted by atomic mass is 35.5. The molecule has 0 bridgehead atoms. The SMILES string of the molecule is Cl.c1ccc(-c2nc(CNC3CCCC3)oc2-c2ccccc2)cc1. The van der Waals surface area contributed by atoms with Crippen LogP contribution in [0.25, 0.3) is 22.6 Å². The number of aromatic nitrogens is 1. The summed E-state index contributed by atoms with van der Waals surface area (Å²) in [6.45, 7) is 0.692. The van der Waals surface area contributed by atoms with Crippen molar-refractivity contribution in [1.82, 2.24) is 10.3 Å². The van der Waals surface area contributed by atoms with Crippen molar-refractivity contribution in [3.63, 3.8) is 0 Å². The average molecular weight is 355 g/mol. The third-order valence-corrected chi connectivity index (χ3v) is 4.65. The molecule has 1 aromatic heterocycles. The lowest BCUT2D eigenvalue weighted by atomic mass is 10.1. The number of halogens is 1. The summed E-state index contributed by atoms with van der Waals surface area (Å²) in [5.74, 6) is 1.62. The molecule has 1 saturated carbocycles. The van der Waals surface area contributed by atoms with Gasteiger partial charge >= 0.3 is 0 Å². The maximum atomic E-state index is 6.14. The number of nitrogens with zero attached hydrogens (tertiary/aromatic N) is 1. The van der Waals surface area contributed by atoms with Crippen LogP contribution in [0, 0.1) is 0 Å². The Labute approximate surface area is 154 Å². The maximum absolute atomic E-state index is 6.14. The molecule has 0 radical (unpaired) electrons. The maximum Gasteiger partial charge on any atom is 0.209 e. The Morgan fingerprint density at radius 2 is 1.48 bits per heavy atom. The molecule has 0 atom stereocenters. The van der Waals surface area contributed by atoms with E-state index in [1.807, 2.05) is 36.4 Å². The summed E-state index contributed by atoms with van der Waals surface area (Å²) in [4.78, 5) is 4.79. The fourth-order valence-corrected chi connectivity index (χ4v) is 3.38. The van der Waals surface area contributed by atoms with Crippen molar-refractivity contribution in [3.05, 3.63) is 66.6 Å². The second-order valence-electron chi connectivity index (χ2n) is 6.38. The molecule has 4 heteroatoms. The van der Waals surface area contributed by atoms with E-state index < -0.39 is 0 Å². The lowest BCUT2D eigenvalue weighted by Gasteiger charge is -2.08. The molecule has 0 spiro atoms. The topological polar surface area (TPSA) is 38.1 Å². The van der Waals surface area contributed by atoms with Gasteiger partial charge in [0.2, 0.25) is 5.89 Å². The second kappa shape index (κ2) is 8.32. The van der Waals surface area contributed by atoms with E-state index in [-0.39, 0.29) is 12.4 Å². The van der Waals surface area contributed by atoms with Gasteiger partial charge in [0, 0.05) is 17.2 Å². The lowest BCUT2D eigenvalue weighted by Crippen LogP contribution is -2.25. The van der Waals surface area contributed by atoms with E-state index in [1.54, 1.807) is 0 Å². The Balaban J connectivity index is 0.00000182. The number of rotatable bonds is 5. The summed E-state index contributed by atoms with van der Waals surface area (Å²) in [5.41, 5.74) is 3.08. The lowest BCUT2D eigenvalue weighted by molar-refractivity contribution is 0.440. The first-order chi connectivity index (χ1) is 11.9. The van der Waals surface area contributed by atoms with Crippen LogP contribution in [0.1, 0.15) is 31.6 Å². The van der Waals surface area contributed by atoms with Gasteiger partial charge in [0.1, 0.15) is 5.69 Å². The van der Waals surface area contributed by atoms with Gasteiger partial charge in [0.15, 0.2) is 5.76 Å². The van der Waals surface area contributed by atoms with Crippen LogP contribution < -0.4 is 5.32 Å². The molecule has 0 amide bonds. The molecule has 25 heavy (non-hydrogen) atoms. The third kappa shape index (κ3) is 4.12. The number of nitrogens with one attached hydrogen (secondary N) is 1. The van der Waals surface area contributed by atoms with E-state index in [0.717, 1.165) is 28.5 Å². The van der Waals surface area contributed by atoms with Gasteiger partial charge in [-0.05, 0) is 12.8 Å². The highest BCUT2D eigenvalue weighted by Gasteiger charge is 2.19. The first kappa shape index (κ1) is 17.7. The molecular formula is C21H23ClN2O. The zero-order valence-electron chi connectivity index (χ0n) is 14.2. The van der Waals surface area contributed by atoms with E-state index in [1.165, 1.54) is 25.7 Å². The van der Waals surface area contributed by atoms with Crippen LogP contribution in [0.5, 0.6) is 0 Å². The number of benzene rings is 2. The van der Waals surface area contributed by atoms with Crippen molar-refractivity contribution in [2.75, 3.05) is 0 Å². The Bertz CT molecular complexity index is 723. The summed E-state index contributed by atoms with van der Waals surface area (Å²) in [5, 5.41) is 3.59. The predicted molar refractivity (Wildman–Crippen MR) is 104 cm³/mol. The Hall–Kier alpha value is -2.10. The minimum Gasteiger partial charge on any atom is -0.439 e. The van der Waals surface area contributed by atoms with E-state index in [9.17, 15) is 0 Å². The minimum atomic E-state index is 0. The van der Waals surface area contributed by atoms with Gasteiger partial charge in [-0.25, -0.2) is 4.98 Å². The van der Waals surface area contributed by atoms with Crippen molar-refractivity contribution in [2.24, 2.45) is 0 Å². The van der Waals surface area contributed by atoms with Gasteiger partial charge in [0.05, 0.1) is 6.54 Å². The fourth-order valence-electron chi connectivity index (χ4n) is 3.38. The summed E-state index contributed by atoms with van der Waals surface area (Å²) in [7, 11) is 0. The molecule has 0 aliphatic heterocycles.